The van der Waals surface area contributed by atoms with Crippen molar-refractivity contribution in [3.05, 3.63) is 28.5 Å². The van der Waals surface area contributed by atoms with Gasteiger partial charge in [-0.05, 0) is 23.8 Å². The van der Waals surface area contributed by atoms with Gasteiger partial charge in [0.1, 0.15) is 17.7 Å². The van der Waals surface area contributed by atoms with E-state index in [9.17, 15) is 10.2 Å². The van der Waals surface area contributed by atoms with Crippen LogP contribution in [0.4, 0.5) is 0 Å². The first-order valence-corrected chi connectivity index (χ1v) is 10.3. The van der Waals surface area contributed by atoms with Gasteiger partial charge in [0, 0.05) is 6.42 Å². The Kier molecular flexibility index (Phi) is 5.62. The Labute approximate surface area is 171 Å². The second-order valence-electron chi connectivity index (χ2n) is 6.48. The number of aromatic nitrogens is 4. The molecule has 2 N–H and O–H groups in total. The lowest BCUT2D eigenvalue weighted by Gasteiger charge is -2.19. The molecule has 0 saturated carbocycles. The first-order chi connectivity index (χ1) is 13.6. The molecule has 0 amide bonds. The fourth-order valence-corrected chi connectivity index (χ4v) is 3.95. The largest absolute Gasteiger partial charge is 0.388 e. The summed E-state index contributed by atoms with van der Waals surface area (Å²) in [5.41, 5.74) is 0.822. The lowest BCUT2D eigenvalue weighted by molar-refractivity contribution is -0.0152. The Morgan fingerprint density at radius 2 is 2.21 bits per heavy atom. The van der Waals surface area contributed by atoms with E-state index in [1.165, 1.54) is 11.3 Å². The molecular weight excluding hydrogens is 400 g/mol. The molecule has 0 bridgehead atoms. The van der Waals surface area contributed by atoms with Crippen molar-refractivity contribution < 1.29 is 14.9 Å². The van der Waals surface area contributed by atoms with Gasteiger partial charge >= 0.3 is 0 Å². The van der Waals surface area contributed by atoms with Crippen molar-refractivity contribution in [1.82, 2.24) is 19.5 Å². The van der Waals surface area contributed by atoms with Crippen LogP contribution in [-0.2, 0) is 4.74 Å². The van der Waals surface area contributed by atoms with E-state index in [2.05, 4.69) is 33.7 Å². The lowest BCUT2D eigenvalue weighted by atomic mass is 10.2. The summed E-state index contributed by atoms with van der Waals surface area (Å²) >= 11 is 7.87. The Hall–Kier alpha value is -2.02. The van der Waals surface area contributed by atoms with E-state index in [4.69, 9.17) is 16.3 Å². The Balaban J connectivity index is 1.88. The maximum Gasteiger partial charge on any atom is 0.208 e. The van der Waals surface area contributed by atoms with E-state index in [-0.39, 0.29) is 11.8 Å². The van der Waals surface area contributed by atoms with Gasteiger partial charge in [-0.2, -0.15) is 0 Å². The topological polar surface area (TPSA) is 93.3 Å². The molecule has 146 valence electrons. The molecule has 28 heavy (non-hydrogen) atoms. The van der Waals surface area contributed by atoms with Crippen LogP contribution in [0.1, 0.15) is 38.2 Å². The van der Waals surface area contributed by atoms with Crippen LogP contribution in [0.3, 0.4) is 0 Å². The molecule has 0 radical (unpaired) electrons. The predicted molar refractivity (Wildman–Crippen MR) is 107 cm³/mol. The number of thiophene rings is 1. The minimum Gasteiger partial charge on any atom is -0.388 e. The molecule has 3 aromatic rings. The molecule has 0 aromatic carbocycles. The summed E-state index contributed by atoms with van der Waals surface area (Å²) < 4.78 is 7.32. The molecule has 1 saturated heterocycles. The van der Waals surface area contributed by atoms with Crippen molar-refractivity contribution in [1.29, 1.82) is 0 Å². The Morgan fingerprint density at radius 1 is 1.36 bits per heavy atom. The van der Waals surface area contributed by atoms with Crippen LogP contribution < -0.4 is 0 Å². The zero-order valence-corrected chi connectivity index (χ0v) is 16.7. The van der Waals surface area contributed by atoms with Crippen LogP contribution in [0.15, 0.2) is 17.5 Å². The normalized spacial score (nSPS) is 21.8. The third-order valence-electron chi connectivity index (χ3n) is 4.47. The summed E-state index contributed by atoms with van der Waals surface area (Å²) in [5.74, 6) is 6.84. The highest BCUT2D eigenvalue weighted by atomic mass is 35.5. The van der Waals surface area contributed by atoms with E-state index in [0.29, 0.717) is 22.8 Å². The molecule has 4 rings (SSSR count). The highest BCUT2D eigenvalue weighted by Crippen LogP contribution is 2.36. The molecule has 3 atom stereocenters. The molecule has 0 spiro atoms. The number of ether oxygens (including phenoxy) is 1. The number of hydrogen-bond donors (Lipinski definition) is 2. The van der Waals surface area contributed by atoms with Crippen molar-refractivity contribution >= 4 is 34.1 Å². The van der Waals surface area contributed by atoms with E-state index < -0.39 is 18.4 Å². The maximum absolute atomic E-state index is 10.4. The third kappa shape index (κ3) is 3.52. The SMILES string of the molecule is CCCCC#Cc1nc(Cl)c2nc(-c3cccs3)n([C@@H]3OCC(O)C3O)c2n1. The third-order valence-corrected chi connectivity index (χ3v) is 5.60. The highest BCUT2D eigenvalue weighted by molar-refractivity contribution is 7.13. The van der Waals surface area contributed by atoms with Crippen LogP contribution in [0.5, 0.6) is 0 Å². The van der Waals surface area contributed by atoms with Gasteiger partial charge in [-0.25, -0.2) is 15.0 Å². The quantitative estimate of drug-likeness (QED) is 0.384. The molecule has 2 unspecified atom stereocenters. The number of aliphatic hydroxyl groups excluding tert-OH is 2. The molecule has 9 heteroatoms. The van der Waals surface area contributed by atoms with Gasteiger partial charge in [-0.3, -0.25) is 4.57 Å². The summed E-state index contributed by atoms with van der Waals surface area (Å²) in [6.45, 7) is 2.13. The Morgan fingerprint density at radius 3 is 2.89 bits per heavy atom. The number of hydrogen-bond acceptors (Lipinski definition) is 7. The number of halogens is 1. The van der Waals surface area contributed by atoms with Crippen molar-refractivity contribution in [2.24, 2.45) is 0 Å². The van der Waals surface area contributed by atoms with Gasteiger partial charge < -0.3 is 14.9 Å². The van der Waals surface area contributed by atoms with E-state index >= 15 is 0 Å². The zero-order valence-electron chi connectivity index (χ0n) is 15.2. The average molecular weight is 419 g/mol. The van der Waals surface area contributed by atoms with Gasteiger partial charge in [0.25, 0.3) is 0 Å². The van der Waals surface area contributed by atoms with Crippen LogP contribution in [0.25, 0.3) is 21.9 Å². The second kappa shape index (κ2) is 8.15. The summed E-state index contributed by atoms with van der Waals surface area (Å²) in [5, 5.41) is 22.5. The van der Waals surface area contributed by atoms with E-state index in [1.807, 2.05) is 17.5 Å². The van der Waals surface area contributed by atoms with E-state index in [0.717, 1.165) is 24.1 Å². The molecule has 7 nitrogen and oxygen atoms in total. The molecular formula is C19H19ClN4O3S. The lowest BCUT2D eigenvalue weighted by Crippen LogP contribution is -2.28. The first-order valence-electron chi connectivity index (χ1n) is 9.06. The number of aliphatic hydroxyl groups is 2. The number of nitrogens with zero attached hydrogens (tertiary/aromatic N) is 4. The summed E-state index contributed by atoms with van der Waals surface area (Å²) in [6.07, 6.45) is -0.0991. The smallest absolute Gasteiger partial charge is 0.208 e. The first kappa shape index (κ1) is 19.3. The monoisotopic (exact) mass is 418 g/mol. The van der Waals surface area contributed by atoms with Gasteiger partial charge in [0.2, 0.25) is 5.82 Å². The second-order valence-corrected chi connectivity index (χ2v) is 7.79. The number of fused-ring (bicyclic) bond motifs is 1. The highest BCUT2D eigenvalue weighted by Gasteiger charge is 2.39. The minimum absolute atomic E-state index is 0.0257. The molecule has 0 aliphatic carbocycles. The van der Waals surface area contributed by atoms with Crippen LogP contribution in [-0.4, -0.2) is 48.5 Å². The summed E-state index contributed by atoms with van der Waals surface area (Å²) in [4.78, 5) is 14.3. The molecule has 1 fully saturated rings. The van der Waals surface area contributed by atoms with E-state index in [1.54, 1.807) is 4.57 Å². The van der Waals surface area contributed by atoms with Gasteiger partial charge in [-0.1, -0.05) is 36.9 Å². The maximum atomic E-state index is 10.4. The van der Waals surface area contributed by atoms with Gasteiger partial charge in [-0.15, -0.1) is 11.3 Å². The number of imidazole rings is 1. The van der Waals surface area contributed by atoms with Crippen molar-refractivity contribution in [3.63, 3.8) is 0 Å². The van der Waals surface area contributed by atoms with Crippen molar-refractivity contribution in [2.45, 2.75) is 44.6 Å². The minimum atomic E-state index is -1.11. The molecule has 4 heterocycles. The van der Waals surface area contributed by atoms with Crippen LogP contribution in [0.2, 0.25) is 5.15 Å². The van der Waals surface area contributed by atoms with Gasteiger partial charge in [0.05, 0.1) is 11.5 Å². The average Bonchev–Trinajstić information content (AvgIpc) is 3.39. The number of unbranched alkanes of at least 4 members (excludes halogenated alkanes) is 2. The standard InChI is InChI=1S/C19H19ClN4O3S/c1-2-3-4-5-8-13-21-16(20)14-18(22-13)24(19-15(26)11(25)10-27-19)17(23-14)12-7-6-9-28-12/h6-7,9,11,15,19,25-26H,2-4,10H2,1H3/t11?,15?,19-/m1/s1. The van der Waals surface area contributed by atoms with Gasteiger partial charge in [0.15, 0.2) is 22.9 Å². The van der Waals surface area contributed by atoms with Crippen LogP contribution in [0, 0.1) is 11.8 Å². The fourth-order valence-electron chi connectivity index (χ4n) is 3.04. The predicted octanol–water partition coefficient (Wildman–Crippen LogP) is 3.00. The molecule has 1 aliphatic heterocycles. The summed E-state index contributed by atoms with van der Waals surface area (Å²) in [7, 11) is 0. The molecule has 1 aliphatic rings. The number of rotatable bonds is 4. The molecule has 3 aromatic heterocycles. The van der Waals surface area contributed by atoms with Crippen molar-refractivity contribution in [3.8, 4) is 22.5 Å². The van der Waals surface area contributed by atoms with Crippen molar-refractivity contribution in [2.75, 3.05) is 6.61 Å². The summed E-state index contributed by atoms with van der Waals surface area (Å²) in [6, 6.07) is 3.81. The fraction of sp³-hybridized carbons (Fsp3) is 0.421. The zero-order chi connectivity index (χ0) is 19.7. The Bertz CT molecular complexity index is 1040. The van der Waals surface area contributed by atoms with Crippen LogP contribution >= 0.6 is 22.9 Å².